The van der Waals surface area contributed by atoms with Gasteiger partial charge in [0.25, 0.3) is 0 Å². The van der Waals surface area contributed by atoms with Crippen LogP contribution >= 0.6 is 11.8 Å². The molecule has 0 amide bonds. The van der Waals surface area contributed by atoms with Crippen molar-refractivity contribution in [3.8, 4) is 0 Å². The van der Waals surface area contributed by atoms with Crippen molar-refractivity contribution in [3.05, 3.63) is 29.8 Å². The van der Waals surface area contributed by atoms with Crippen molar-refractivity contribution in [1.29, 1.82) is 0 Å². The Morgan fingerprint density at radius 1 is 1.39 bits per heavy atom. The number of aliphatic carboxylic acids is 1. The topological polar surface area (TPSA) is 49.3 Å². The van der Waals surface area contributed by atoms with E-state index in [2.05, 4.69) is 36.5 Å². The van der Waals surface area contributed by atoms with Crippen LogP contribution in [0.5, 0.6) is 0 Å². The van der Waals surface area contributed by atoms with Crippen LogP contribution in [0.4, 0.5) is 0 Å². The molecular formula is C14H21NO2S. The lowest BCUT2D eigenvalue weighted by molar-refractivity contribution is -0.144. The molecule has 3 nitrogen and oxygen atoms in total. The fraction of sp³-hybridized carbons (Fsp3) is 0.500. The molecule has 0 bridgehead atoms. The van der Waals surface area contributed by atoms with Gasteiger partial charge in [0.15, 0.2) is 0 Å². The Kier molecular flexibility index (Phi) is 5.69. The third kappa shape index (κ3) is 4.35. The van der Waals surface area contributed by atoms with Gasteiger partial charge in [0.05, 0.1) is 0 Å². The maximum atomic E-state index is 11.2. The fourth-order valence-electron chi connectivity index (χ4n) is 1.67. The average molecular weight is 267 g/mol. The summed E-state index contributed by atoms with van der Waals surface area (Å²) in [6.45, 7) is 6.39. The molecule has 0 fully saturated rings. The van der Waals surface area contributed by atoms with Crippen molar-refractivity contribution in [1.82, 2.24) is 5.32 Å². The molecule has 0 aliphatic rings. The lowest BCUT2D eigenvalue weighted by Gasteiger charge is -2.25. The number of carboxylic acids is 1. The third-order valence-electron chi connectivity index (χ3n) is 2.93. The maximum Gasteiger partial charge on any atom is 0.323 e. The van der Waals surface area contributed by atoms with Gasteiger partial charge in [-0.1, -0.05) is 24.6 Å². The van der Waals surface area contributed by atoms with E-state index in [9.17, 15) is 9.90 Å². The molecule has 0 saturated heterocycles. The summed E-state index contributed by atoms with van der Waals surface area (Å²) in [5.74, 6) is 0.00707. The van der Waals surface area contributed by atoms with Crippen molar-refractivity contribution in [2.45, 2.75) is 37.6 Å². The van der Waals surface area contributed by atoms with E-state index in [-0.39, 0.29) is 0 Å². The van der Waals surface area contributed by atoms with E-state index in [1.54, 1.807) is 18.7 Å². The molecule has 2 N–H and O–H groups in total. The summed E-state index contributed by atoms with van der Waals surface area (Å²) in [6.07, 6.45) is 0.606. The zero-order chi connectivity index (χ0) is 13.6. The first-order valence-electron chi connectivity index (χ1n) is 6.16. The summed E-state index contributed by atoms with van der Waals surface area (Å²) in [7, 11) is 0. The number of nitrogens with one attached hydrogen (secondary N) is 1. The van der Waals surface area contributed by atoms with E-state index in [1.807, 2.05) is 6.92 Å². The Balaban J connectivity index is 2.48. The van der Waals surface area contributed by atoms with E-state index in [0.29, 0.717) is 13.0 Å². The van der Waals surface area contributed by atoms with Crippen molar-refractivity contribution in [3.63, 3.8) is 0 Å². The number of carboxylic acid groups (broad SMARTS) is 1. The highest BCUT2D eigenvalue weighted by atomic mass is 32.2. The van der Waals surface area contributed by atoms with Gasteiger partial charge in [0.1, 0.15) is 5.54 Å². The van der Waals surface area contributed by atoms with Crippen molar-refractivity contribution < 1.29 is 9.90 Å². The molecule has 0 radical (unpaired) electrons. The maximum absolute atomic E-state index is 11.2. The SMILES string of the molecule is CCNC(C)(CCSc1ccc(C)cc1)C(=O)O. The zero-order valence-electron chi connectivity index (χ0n) is 11.2. The van der Waals surface area contributed by atoms with Crippen molar-refractivity contribution in [2.75, 3.05) is 12.3 Å². The molecule has 1 aromatic rings. The Morgan fingerprint density at radius 3 is 2.50 bits per heavy atom. The molecule has 1 rings (SSSR count). The molecule has 0 aromatic heterocycles. The van der Waals surface area contributed by atoms with Gasteiger partial charge in [0.2, 0.25) is 0 Å². The van der Waals surface area contributed by atoms with Crippen molar-refractivity contribution in [2.24, 2.45) is 0 Å². The predicted octanol–water partition coefficient (Wildman–Crippen LogP) is 2.93. The van der Waals surface area contributed by atoms with Crippen LogP contribution in [0.1, 0.15) is 25.8 Å². The van der Waals surface area contributed by atoms with Crippen LogP contribution in [-0.2, 0) is 4.79 Å². The molecule has 100 valence electrons. The minimum Gasteiger partial charge on any atom is -0.480 e. The lowest BCUT2D eigenvalue weighted by atomic mass is 9.99. The van der Waals surface area contributed by atoms with Crippen molar-refractivity contribution >= 4 is 17.7 Å². The second-order valence-electron chi connectivity index (χ2n) is 4.58. The molecule has 18 heavy (non-hydrogen) atoms. The Bertz CT molecular complexity index is 391. The first-order valence-corrected chi connectivity index (χ1v) is 7.14. The molecule has 0 aliphatic carbocycles. The van der Waals surface area contributed by atoms with Crippen LogP contribution < -0.4 is 5.32 Å². The first-order chi connectivity index (χ1) is 8.48. The largest absolute Gasteiger partial charge is 0.480 e. The number of carbonyl (C=O) groups is 1. The highest BCUT2D eigenvalue weighted by Gasteiger charge is 2.31. The third-order valence-corrected chi connectivity index (χ3v) is 3.94. The van der Waals surface area contributed by atoms with Crippen LogP contribution in [0.2, 0.25) is 0 Å². The van der Waals surface area contributed by atoms with Gasteiger partial charge < -0.3 is 10.4 Å². The number of likely N-dealkylation sites (N-methyl/N-ethyl adjacent to an activating group) is 1. The fourth-order valence-corrected chi connectivity index (χ4v) is 2.74. The van der Waals surface area contributed by atoms with E-state index < -0.39 is 11.5 Å². The number of aryl methyl sites for hydroxylation is 1. The normalized spacial score (nSPS) is 14.2. The van der Waals surface area contributed by atoms with E-state index in [1.165, 1.54) is 10.5 Å². The minimum absolute atomic E-state index is 0.606. The summed E-state index contributed by atoms with van der Waals surface area (Å²) in [5.41, 5.74) is 0.411. The highest BCUT2D eigenvalue weighted by Crippen LogP contribution is 2.22. The molecule has 0 spiro atoms. The van der Waals surface area contributed by atoms with Gasteiger partial charge in [-0.05, 0) is 38.9 Å². The van der Waals surface area contributed by atoms with E-state index in [4.69, 9.17) is 0 Å². The van der Waals surface area contributed by atoms with Crippen LogP contribution in [0.3, 0.4) is 0 Å². The molecule has 0 heterocycles. The summed E-state index contributed by atoms with van der Waals surface area (Å²) < 4.78 is 0. The second kappa shape index (κ2) is 6.81. The molecular weight excluding hydrogens is 246 g/mol. The molecule has 4 heteroatoms. The molecule has 0 aliphatic heterocycles. The van der Waals surface area contributed by atoms with Crippen LogP contribution in [0, 0.1) is 6.92 Å². The summed E-state index contributed by atoms with van der Waals surface area (Å²) in [4.78, 5) is 12.4. The van der Waals surface area contributed by atoms with Gasteiger partial charge in [-0.25, -0.2) is 0 Å². The van der Waals surface area contributed by atoms with Gasteiger partial charge in [-0.15, -0.1) is 11.8 Å². The second-order valence-corrected chi connectivity index (χ2v) is 5.75. The Labute approximate surface area is 113 Å². The summed E-state index contributed by atoms with van der Waals surface area (Å²) in [6, 6.07) is 8.29. The number of thioether (sulfide) groups is 1. The monoisotopic (exact) mass is 267 g/mol. The molecule has 0 saturated carbocycles. The first kappa shape index (κ1) is 15.1. The number of hydrogen-bond acceptors (Lipinski definition) is 3. The minimum atomic E-state index is -0.827. The van der Waals surface area contributed by atoms with Gasteiger partial charge in [-0.3, -0.25) is 4.79 Å². The lowest BCUT2D eigenvalue weighted by Crippen LogP contribution is -2.49. The Hall–Kier alpha value is -1.00. The number of benzene rings is 1. The average Bonchev–Trinajstić information content (AvgIpc) is 2.32. The quantitative estimate of drug-likeness (QED) is 0.746. The van der Waals surface area contributed by atoms with Gasteiger partial charge in [-0.2, -0.15) is 0 Å². The number of rotatable bonds is 7. The zero-order valence-corrected chi connectivity index (χ0v) is 12.0. The standard InChI is InChI=1S/C14H21NO2S/c1-4-15-14(3,13(16)17)9-10-18-12-7-5-11(2)6-8-12/h5-8,15H,4,9-10H2,1-3H3,(H,16,17). The number of hydrogen-bond donors (Lipinski definition) is 2. The van der Waals surface area contributed by atoms with E-state index >= 15 is 0 Å². The Morgan fingerprint density at radius 2 is 2.00 bits per heavy atom. The van der Waals surface area contributed by atoms with Gasteiger partial charge >= 0.3 is 5.97 Å². The molecule has 1 aromatic carbocycles. The summed E-state index contributed by atoms with van der Waals surface area (Å²) >= 11 is 1.70. The molecule has 1 unspecified atom stereocenters. The van der Waals surface area contributed by atoms with Crippen LogP contribution in [0.25, 0.3) is 0 Å². The molecule has 1 atom stereocenters. The van der Waals surface area contributed by atoms with Crippen LogP contribution in [-0.4, -0.2) is 28.9 Å². The van der Waals surface area contributed by atoms with E-state index in [0.717, 1.165) is 5.75 Å². The highest BCUT2D eigenvalue weighted by molar-refractivity contribution is 7.99. The smallest absolute Gasteiger partial charge is 0.323 e. The van der Waals surface area contributed by atoms with Gasteiger partial charge in [0, 0.05) is 10.6 Å². The van der Waals surface area contributed by atoms with Crippen LogP contribution in [0.15, 0.2) is 29.2 Å². The summed E-state index contributed by atoms with van der Waals surface area (Å²) in [5, 5.41) is 12.3. The predicted molar refractivity (Wildman–Crippen MR) is 76.2 cm³/mol.